The molecule has 1 aromatic rings. The van der Waals surface area contributed by atoms with Crippen LogP contribution in [0.3, 0.4) is 0 Å². The first kappa shape index (κ1) is 12.1. The first-order valence-corrected chi connectivity index (χ1v) is 9.19. The van der Waals surface area contributed by atoms with Crippen molar-refractivity contribution in [2.45, 2.75) is 57.3 Å². The first-order valence-electron chi connectivity index (χ1n) is 9.19. The van der Waals surface area contributed by atoms with Crippen LogP contribution in [-0.2, 0) is 6.42 Å². The molecule has 1 spiro atoms. The lowest BCUT2D eigenvalue weighted by Crippen LogP contribution is -2.38. The van der Waals surface area contributed by atoms with E-state index in [9.17, 15) is 4.79 Å². The van der Waals surface area contributed by atoms with E-state index in [1.807, 2.05) is 5.57 Å². The van der Waals surface area contributed by atoms with Gasteiger partial charge in [0.15, 0.2) is 5.78 Å². The zero-order valence-corrected chi connectivity index (χ0v) is 13.0. The highest BCUT2D eigenvalue weighted by atomic mass is 16.1. The second kappa shape index (κ2) is 3.75. The molecule has 0 radical (unpaired) electrons. The fourth-order valence-corrected chi connectivity index (χ4v) is 7.10. The van der Waals surface area contributed by atoms with Crippen molar-refractivity contribution >= 4 is 5.78 Å². The summed E-state index contributed by atoms with van der Waals surface area (Å²) < 4.78 is 0. The van der Waals surface area contributed by atoms with E-state index in [4.69, 9.17) is 0 Å². The lowest BCUT2D eigenvalue weighted by molar-refractivity contribution is 0.0769. The molecule has 7 rings (SSSR count). The average molecular weight is 290 g/mol. The number of Topliss-reactive ketones (excluding diaryl/α,β-unsaturated/α-hetero) is 1. The van der Waals surface area contributed by atoms with Gasteiger partial charge in [-0.2, -0.15) is 0 Å². The van der Waals surface area contributed by atoms with Gasteiger partial charge in [0.25, 0.3) is 0 Å². The summed E-state index contributed by atoms with van der Waals surface area (Å²) in [4.78, 5) is 13.3. The maximum atomic E-state index is 13.3. The summed E-state index contributed by atoms with van der Waals surface area (Å²) >= 11 is 0. The molecule has 1 nitrogen and oxygen atoms in total. The number of benzene rings is 1. The summed E-state index contributed by atoms with van der Waals surface area (Å²) in [6, 6.07) is 6.62. The Bertz CT molecular complexity index is 755. The van der Waals surface area contributed by atoms with Gasteiger partial charge in [-0.05, 0) is 68.4 Å². The van der Waals surface area contributed by atoms with Gasteiger partial charge < -0.3 is 0 Å². The second-order valence-corrected chi connectivity index (χ2v) is 8.30. The number of fused-ring (bicyclic) bond motifs is 2. The maximum Gasteiger partial charge on any atom is 0.167 e. The molecule has 0 amide bonds. The molecule has 6 aliphatic rings. The Balaban J connectivity index is 1.75. The summed E-state index contributed by atoms with van der Waals surface area (Å²) in [7, 11) is 0. The van der Waals surface area contributed by atoms with Crippen LogP contribution < -0.4 is 0 Å². The molecular formula is C21H22O. The van der Waals surface area contributed by atoms with E-state index in [0.29, 0.717) is 17.6 Å². The van der Waals surface area contributed by atoms with Crippen molar-refractivity contribution in [2.75, 3.05) is 0 Å². The summed E-state index contributed by atoms with van der Waals surface area (Å²) in [5.41, 5.74) is 7.91. The second-order valence-electron chi connectivity index (χ2n) is 8.30. The molecule has 112 valence electrons. The number of carbonyl (C=O) groups excluding carboxylic acids is 1. The lowest BCUT2D eigenvalue weighted by atomic mass is 9.62. The van der Waals surface area contributed by atoms with Gasteiger partial charge in [-0.15, -0.1) is 0 Å². The lowest BCUT2D eigenvalue weighted by Gasteiger charge is -2.41. The Morgan fingerprint density at radius 1 is 1.09 bits per heavy atom. The van der Waals surface area contributed by atoms with Gasteiger partial charge in [0.1, 0.15) is 0 Å². The molecule has 1 saturated carbocycles. The third kappa shape index (κ3) is 1.16. The largest absolute Gasteiger partial charge is 0.294 e. The molecule has 22 heavy (non-hydrogen) atoms. The summed E-state index contributed by atoms with van der Waals surface area (Å²) in [5, 5.41) is 0. The summed E-state index contributed by atoms with van der Waals surface area (Å²) in [5.74, 6) is 2.24. The Hall–Kier alpha value is -1.37. The summed E-state index contributed by atoms with van der Waals surface area (Å²) in [6.07, 6.45) is 10.2. The average Bonchev–Trinajstić information content (AvgIpc) is 3.12. The third-order valence-corrected chi connectivity index (χ3v) is 7.75. The van der Waals surface area contributed by atoms with Crippen molar-refractivity contribution < 1.29 is 4.79 Å². The van der Waals surface area contributed by atoms with Gasteiger partial charge in [0.2, 0.25) is 0 Å². The van der Waals surface area contributed by atoms with Gasteiger partial charge in [0, 0.05) is 22.8 Å². The molecule has 4 unspecified atom stereocenters. The quantitative estimate of drug-likeness (QED) is 0.627. The van der Waals surface area contributed by atoms with E-state index in [1.54, 1.807) is 5.57 Å². The number of allylic oxidation sites excluding steroid dienone is 2. The van der Waals surface area contributed by atoms with Gasteiger partial charge in [-0.3, -0.25) is 4.79 Å². The highest BCUT2D eigenvalue weighted by Gasteiger charge is 2.59. The predicted octanol–water partition coefficient (Wildman–Crippen LogP) is 4.81. The Kier molecular flexibility index (Phi) is 2.06. The molecule has 1 heteroatoms. The number of hydrogen-bond donors (Lipinski definition) is 0. The number of rotatable bonds is 0. The van der Waals surface area contributed by atoms with Crippen LogP contribution in [0.25, 0.3) is 0 Å². The van der Waals surface area contributed by atoms with E-state index in [0.717, 1.165) is 24.3 Å². The van der Waals surface area contributed by atoms with Crippen molar-refractivity contribution in [2.24, 2.45) is 17.3 Å². The van der Waals surface area contributed by atoms with E-state index in [-0.39, 0.29) is 5.41 Å². The highest BCUT2D eigenvalue weighted by molar-refractivity contribution is 6.01. The minimum absolute atomic E-state index is 0.278. The Morgan fingerprint density at radius 2 is 2.05 bits per heavy atom. The topological polar surface area (TPSA) is 17.1 Å². The van der Waals surface area contributed by atoms with Crippen molar-refractivity contribution in [3.05, 3.63) is 46.0 Å². The molecule has 6 aliphatic carbocycles. The van der Waals surface area contributed by atoms with Gasteiger partial charge in [-0.1, -0.05) is 29.3 Å². The van der Waals surface area contributed by atoms with Crippen molar-refractivity contribution in [1.82, 2.24) is 0 Å². The molecule has 9 bridgehead atoms. The van der Waals surface area contributed by atoms with Crippen LogP contribution in [0.1, 0.15) is 72.3 Å². The van der Waals surface area contributed by atoms with Gasteiger partial charge in [0.05, 0.1) is 0 Å². The van der Waals surface area contributed by atoms with E-state index in [1.165, 1.54) is 49.7 Å². The first-order chi connectivity index (χ1) is 10.8. The zero-order valence-electron chi connectivity index (χ0n) is 13.0. The SMILES string of the molecule is O=C1c2cccc3c2CCC1C12CCC(C1)C1=C2CCCC13. The van der Waals surface area contributed by atoms with Gasteiger partial charge >= 0.3 is 0 Å². The van der Waals surface area contributed by atoms with E-state index in [2.05, 4.69) is 18.2 Å². The van der Waals surface area contributed by atoms with E-state index >= 15 is 0 Å². The molecule has 4 atom stereocenters. The molecule has 0 aromatic heterocycles. The molecular weight excluding hydrogens is 268 g/mol. The standard InChI is InChI=1S/C21H22O/c22-20-16-5-1-3-13-14(16)7-8-18(20)21-10-9-12(11-21)19-15(13)4-2-6-17(19)21/h1,3,5,12,15,18H,2,4,6-11H2. The molecule has 0 heterocycles. The Morgan fingerprint density at radius 3 is 3.00 bits per heavy atom. The van der Waals surface area contributed by atoms with E-state index < -0.39 is 0 Å². The normalized spacial score (nSPS) is 40.7. The molecule has 0 aliphatic heterocycles. The van der Waals surface area contributed by atoms with Crippen LogP contribution >= 0.6 is 0 Å². The predicted molar refractivity (Wildman–Crippen MR) is 86.0 cm³/mol. The minimum atomic E-state index is 0.278. The van der Waals surface area contributed by atoms with Crippen LogP contribution in [0, 0.1) is 17.3 Å². The molecule has 1 fully saturated rings. The van der Waals surface area contributed by atoms with Crippen molar-refractivity contribution in [3.63, 3.8) is 0 Å². The van der Waals surface area contributed by atoms with Crippen LogP contribution in [0.4, 0.5) is 0 Å². The van der Waals surface area contributed by atoms with Crippen LogP contribution in [0.5, 0.6) is 0 Å². The molecule has 0 N–H and O–H groups in total. The van der Waals surface area contributed by atoms with Crippen molar-refractivity contribution in [1.29, 1.82) is 0 Å². The highest BCUT2D eigenvalue weighted by Crippen LogP contribution is 2.68. The Labute approximate surface area is 131 Å². The molecule has 1 aromatic carbocycles. The van der Waals surface area contributed by atoms with Crippen LogP contribution in [0.15, 0.2) is 29.3 Å². The molecule has 0 saturated heterocycles. The zero-order chi connectivity index (χ0) is 14.5. The smallest absolute Gasteiger partial charge is 0.167 e. The minimum Gasteiger partial charge on any atom is -0.294 e. The number of ketones is 1. The van der Waals surface area contributed by atoms with Gasteiger partial charge in [-0.25, -0.2) is 0 Å². The number of hydrogen-bond acceptors (Lipinski definition) is 1. The third-order valence-electron chi connectivity index (χ3n) is 7.75. The number of carbonyl (C=O) groups is 1. The maximum absolute atomic E-state index is 13.3. The monoisotopic (exact) mass is 290 g/mol. The summed E-state index contributed by atoms with van der Waals surface area (Å²) in [6.45, 7) is 0. The van der Waals surface area contributed by atoms with Crippen LogP contribution in [0.2, 0.25) is 0 Å². The van der Waals surface area contributed by atoms with Crippen molar-refractivity contribution in [3.8, 4) is 0 Å². The fourth-order valence-electron chi connectivity index (χ4n) is 7.10. The van der Waals surface area contributed by atoms with Crippen LogP contribution in [-0.4, -0.2) is 5.78 Å². The fraction of sp³-hybridized carbons (Fsp3) is 0.571.